The summed E-state index contributed by atoms with van der Waals surface area (Å²) in [5.41, 5.74) is 0.867. The van der Waals surface area contributed by atoms with E-state index in [1.54, 1.807) is 7.11 Å². The van der Waals surface area contributed by atoms with Crippen molar-refractivity contribution in [3.63, 3.8) is 0 Å². The molecule has 0 atom stereocenters. The topological polar surface area (TPSA) is 65.6 Å². The highest BCUT2D eigenvalue weighted by Gasteiger charge is 2.36. The SMILES string of the molecule is COc1cc(CN2CCN(C)CC2)ccc1Nc1ncc(C(F)(F)F)c(NC2CCCCC2)n1. The fourth-order valence-corrected chi connectivity index (χ4v) is 4.52. The summed E-state index contributed by atoms with van der Waals surface area (Å²) in [7, 11) is 3.70. The van der Waals surface area contributed by atoms with Gasteiger partial charge in [0.15, 0.2) is 0 Å². The van der Waals surface area contributed by atoms with E-state index in [1.807, 2.05) is 18.2 Å². The van der Waals surface area contributed by atoms with Crippen LogP contribution in [0.4, 0.5) is 30.6 Å². The maximum absolute atomic E-state index is 13.6. The molecule has 186 valence electrons. The molecule has 0 unspecified atom stereocenters. The summed E-state index contributed by atoms with van der Waals surface area (Å²) >= 11 is 0. The second kappa shape index (κ2) is 10.8. The van der Waals surface area contributed by atoms with E-state index in [2.05, 4.69) is 37.4 Å². The second-order valence-corrected chi connectivity index (χ2v) is 9.17. The first kappa shape index (κ1) is 24.5. The first-order valence-corrected chi connectivity index (χ1v) is 11.9. The molecule has 1 saturated heterocycles. The Morgan fingerprint density at radius 1 is 1.09 bits per heavy atom. The smallest absolute Gasteiger partial charge is 0.421 e. The number of hydrogen-bond donors (Lipinski definition) is 2. The Hall–Kier alpha value is -2.59. The second-order valence-electron chi connectivity index (χ2n) is 9.17. The normalized spacial score (nSPS) is 18.6. The van der Waals surface area contributed by atoms with Crippen LogP contribution in [0.2, 0.25) is 0 Å². The fourth-order valence-electron chi connectivity index (χ4n) is 4.52. The highest BCUT2D eigenvalue weighted by Crippen LogP contribution is 2.36. The van der Waals surface area contributed by atoms with Gasteiger partial charge in [0.2, 0.25) is 5.95 Å². The van der Waals surface area contributed by atoms with Crippen molar-refractivity contribution in [3.8, 4) is 5.75 Å². The largest absolute Gasteiger partial charge is 0.495 e. The predicted octanol–water partition coefficient (Wildman–Crippen LogP) is 4.74. The van der Waals surface area contributed by atoms with E-state index in [-0.39, 0.29) is 17.8 Å². The lowest BCUT2D eigenvalue weighted by Crippen LogP contribution is -2.43. The Morgan fingerprint density at radius 3 is 2.50 bits per heavy atom. The van der Waals surface area contributed by atoms with Crippen molar-refractivity contribution in [2.45, 2.75) is 50.9 Å². The fraction of sp³-hybridized carbons (Fsp3) is 0.583. The third kappa shape index (κ3) is 6.29. The molecular formula is C24H33F3N6O. The number of likely N-dealkylation sites (N-methyl/N-ethyl adjacent to an activating group) is 1. The standard InChI is InChI=1S/C24H33F3N6O/c1-32-10-12-33(13-11-32)16-17-8-9-20(21(14-17)34-2)30-23-28-15-19(24(25,26)27)22(31-23)29-18-6-4-3-5-7-18/h8-9,14-15,18H,3-7,10-13,16H2,1-2H3,(H2,28,29,30,31). The molecular weight excluding hydrogens is 445 g/mol. The van der Waals surface area contributed by atoms with Crippen LogP contribution >= 0.6 is 0 Å². The van der Waals surface area contributed by atoms with Crippen LogP contribution in [0.1, 0.15) is 43.2 Å². The minimum absolute atomic E-state index is 0.0130. The minimum Gasteiger partial charge on any atom is -0.495 e. The Labute approximate surface area is 198 Å². The van der Waals surface area contributed by atoms with Crippen LogP contribution < -0.4 is 15.4 Å². The molecule has 10 heteroatoms. The molecule has 1 saturated carbocycles. The number of rotatable bonds is 7. The molecule has 2 N–H and O–H groups in total. The first-order valence-electron chi connectivity index (χ1n) is 11.9. The lowest BCUT2D eigenvalue weighted by atomic mass is 9.95. The van der Waals surface area contributed by atoms with Gasteiger partial charge in [-0.2, -0.15) is 18.2 Å². The van der Waals surface area contributed by atoms with Crippen molar-refractivity contribution >= 4 is 17.5 Å². The zero-order valence-corrected chi connectivity index (χ0v) is 19.8. The molecule has 4 rings (SSSR count). The Morgan fingerprint density at radius 2 is 1.82 bits per heavy atom. The van der Waals surface area contributed by atoms with Crippen molar-refractivity contribution in [1.29, 1.82) is 0 Å². The van der Waals surface area contributed by atoms with Crippen molar-refractivity contribution in [2.75, 3.05) is 51.0 Å². The van der Waals surface area contributed by atoms with Gasteiger partial charge in [0.1, 0.15) is 17.1 Å². The summed E-state index contributed by atoms with van der Waals surface area (Å²) in [5.74, 6) is 0.510. The molecule has 1 aliphatic carbocycles. The van der Waals surface area contributed by atoms with Gasteiger partial charge in [0.25, 0.3) is 0 Å². The van der Waals surface area contributed by atoms with E-state index in [0.29, 0.717) is 11.4 Å². The van der Waals surface area contributed by atoms with E-state index in [9.17, 15) is 13.2 Å². The maximum atomic E-state index is 13.6. The van der Waals surface area contributed by atoms with Crippen molar-refractivity contribution < 1.29 is 17.9 Å². The number of ether oxygens (including phenoxy) is 1. The molecule has 0 bridgehead atoms. The van der Waals surface area contributed by atoms with Crippen LogP contribution in [0.15, 0.2) is 24.4 Å². The molecule has 2 fully saturated rings. The zero-order chi connectivity index (χ0) is 24.1. The van der Waals surface area contributed by atoms with Crippen molar-refractivity contribution in [3.05, 3.63) is 35.5 Å². The number of piperazine rings is 1. The van der Waals surface area contributed by atoms with Crippen molar-refractivity contribution in [1.82, 2.24) is 19.8 Å². The number of nitrogens with one attached hydrogen (secondary N) is 2. The Kier molecular flexibility index (Phi) is 7.77. The molecule has 2 aromatic rings. The van der Waals surface area contributed by atoms with Crippen LogP contribution in [0.25, 0.3) is 0 Å². The van der Waals surface area contributed by atoms with Crippen LogP contribution in [0.3, 0.4) is 0 Å². The number of benzene rings is 1. The summed E-state index contributed by atoms with van der Waals surface area (Å²) in [4.78, 5) is 12.9. The maximum Gasteiger partial charge on any atom is 0.421 e. The van der Waals surface area contributed by atoms with Gasteiger partial charge in [-0.25, -0.2) is 4.98 Å². The van der Waals surface area contributed by atoms with Gasteiger partial charge in [-0.3, -0.25) is 4.90 Å². The van der Waals surface area contributed by atoms with Gasteiger partial charge in [-0.1, -0.05) is 25.3 Å². The van der Waals surface area contributed by atoms with Gasteiger partial charge in [0, 0.05) is 45.0 Å². The molecule has 0 amide bonds. The summed E-state index contributed by atoms with van der Waals surface area (Å²) in [5, 5.41) is 6.06. The molecule has 1 aromatic heterocycles. The van der Waals surface area contributed by atoms with Gasteiger partial charge in [-0.05, 0) is 37.6 Å². The number of hydrogen-bond acceptors (Lipinski definition) is 7. The highest BCUT2D eigenvalue weighted by atomic mass is 19.4. The average Bonchev–Trinajstić information content (AvgIpc) is 2.81. The lowest BCUT2D eigenvalue weighted by Gasteiger charge is -2.32. The molecule has 0 spiro atoms. The van der Waals surface area contributed by atoms with Crippen LogP contribution in [0.5, 0.6) is 5.75 Å². The van der Waals surface area contributed by atoms with E-state index in [1.165, 1.54) is 0 Å². The Balaban J connectivity index is 1.51. The molecule has 1 aromatic carbocycles. The number of aromatic nitrogens is 2. The summed E-state index contributed by atoms with van der Waals surface area (Å²) in [6.07, 6.45) is 1.12. The van der Waals surface area contributed by atoms with Crippen LogP contribution in [-0.2, 0) is 12.7 Å². The number of nitrogens with zero attached hydrogens (tertiary/aromatic N) is 4. The minimum atomic E-state index is -4.53. The molecule has 0 radical (unpaired) electrons. The number of anilines is 3. The quantitative estimate of drug-likeness (QED) is 0.596. The van der Waals surface area contributed by atoms with Crippen LogP contribution in [-0.4, -0.2) is 66.1 Å². The highest BCUT2D eigenvalue weighted by molar-refractivity contribution is 5.64. The van der Waals surface area contributed by atoms with Gasteiger partial charge in [0.05, 0.1) is 12.8 Å². The summed E-state index contributed by atoms with van der Waals surface area (Å²) < 4.78 is 46.3. The number of alkyl halides is 3. The van der Waals surface area contributed by atoms with Gasteiger partial charge >= 0.3 is 6.18 Å². The van der Waals surface area contributed by atoms with E-state index in [0.717, 1.165) is 76.6 Å². The first-order chi connectivity index (χ1) is 16.3. The van der Waals surface area contributed by atoms with E-state index < -0.39 is 11.7 Å². The monoisotopic (exact) mass is 478 g/mol. The van der Waals surface area contributed by atoms with Gasteiger partial charge < -0.3 is 20.3 Å². The molecule has 1 aliphatic heterocycles. The number of methoxy groups -OCH3 is 1. The average molecular weight is 479 g/mol. The van der Waals surface area contributed by atoms with Crippen molar-refractivity contribution in [2.24, 2.45) is 0 Å². The third-order valence-electron chi connectivity index (χ3n) is 6.55. The van der Waals surface area contributed by atoms with Gasteiger partial charge in [-0.15, -0.1) is 0 Å². The molecule has 2 aliphatic rings. The zero-order valence-electron chi connectivity index (χ0n) is 19.8. The lowest BCUT2D eigenvalue weighted by molar-refractivity contribution is -0.137. The number of halogens is 3. The summed E-state index contributed by atoms with van der Waals surface area (Å²) in [6, 6.07) is 5.79. The molecule has 34 heavy (non-hydrogen) atoms. The summed E-state index contributed by atoms with van der Waals surface area (Å²) in [6.45, 7) is 4.92. The third-order valence-corrected chi connectivity index (χ3v) is 6.55. The van der Waals surface area contributed by atoms with E-state index in [4.69, 9.17) is 4.74 Å². The van der Waals surface area contributed by atoms with Crippen LogP contribution in [0, 0.1) is 0 Å². The Bertz CT molecular complexity index is 956. The molecule has 7 nitrogen and oxygen atoms in total. The predicted molar refractivity (Wildman–Crippen MR) is 127 cm³/mol. The van der Waals surface area contributed by atoms with E-state index >= 15 is 0 Å². The molecule has 2 heterocycles.